The molecule has 2 aliphatic rings. The van der Waals surface area contributed by atoms with E-state index in [0.717, 1.165) is 12.8 Å². The van der Waals surface area contributed by atoms with Crippen LogP contribution in [0.2, 0.25) is 0 Å². The molecule has 5 heteroatoms. The van der Waals surface area contributed by atoms with Crippen molar-refractivity contribution in [3.05, 3.63) is 11.6 Å². The minimum Gasteiger partial charge on any atom is -0.349 e. The standard InChI is InChI=1S/C12H16N2O3/c1-12(2)7-16-10(17-12)5-8(6-13)11(15)14-9-3-4-9/h5,9-10H,3-4,7H2,1-2H3,(H,14,15)/b8-5-. The highest BCUT2D eigenvalue weighted by Gasteiger charge is 2.32. The van der Waals surface area contributed by atoms with Crippen LogP contribution >= 0.6 is 0 Å². The first kappa shape index (κ1) is 12.1. The summed E-state index contributed by atoms with van der Waals surface area (Å²) in [6.45, 7) is 4.26. The lowest BCUT2D eigenvalue weighted by Crippen LogP contribution is -2.27. The molecule has 0 spiro atoms. The maximum Gasteiger partial charge on any atom is 0.262 e. The molecule has 0 aromatic rings. The van der Waals surface area contributed by atoms with Gasteiger partial charge in [0.1, 0.15) is 11.6 Å². The summed E-state index contributed by atoms with van der Waals surface area (Å²) in [6, 6.07) is 2.12. The fraction of sp³-hybridized carbons (Fsp3) is 0.667. The van der Waals surface area contributed by atoms with Crippen LogP contribution in [0, 0.1) is 11.3 Å². The van der Waals surface area contributed by atoms with Gasteiger partial charge in [-0.2, -0.15) is 5.26 Å². The molecule has 1 aliphatic carbocycles. The summed E-state index contributed by atoms with van der Waals surface area (Å²) in [5.41, 5.74) is -0.311. The summed E-state index contributed by atoms with van der Waals surface area (Å²) in [7, 11) is 0. The topological polar surface area (TPSA) is 71.3 Å². The average molecular weight is 236 g/mol. The van der Waals surface area contributed by atoms with E-state index >= 15 is 0 Å². The van der Waals surface area contributed by atoms with Crippen molar-refractivity contribution in [3.8, 4) is 6.07 Å². The Kier molecular flexibility index (Phi) is 3.18. The van der Waals surface area contributed by atoms with Crippen molar-refractivity contribution >= 4 is 5.91 Å². The molecular formula is C12H16N2O3. The number of hydrogen-bond donors (Lipinski definition) is 1. The molecule has 17 heavy (non-hydrogen) atoms. The largest absolute Gasteiger partial charge is 0.349 e. The van der Waals surface area contributed by atoms with E-state index in [1.165, 1.54) is 6.08 Å². The molecule has 1 heterocycles. The summed E-state index contributed by atoms with van der Waals surface area (Å²) in [4.78, 5) is 11.7. The Labute approximate surface area is 100 Å². The van der Waals surface area contributed by atoms with Gasteiger partial charge >= 0.3 is 0 Å². The van der Waals surface area contributed by atoms with Crippen molar-refractivity contribution < 1.29 is 14.3 Å². The molecule has 0 aromatic heterocycles. The van der Waals surface area contributed by atoms with Gasteiger partial charge in [-0.05, 0) is 32.8 Å². The zero-order chi connectivity index (χ0) is 12.5. The molecule has 92 valence electrons. The summed E-state index contributed by atoms with van der Waals surface area (Å²) in [5, 5.41) is 11.7. The Bertz CT molecular complexity index is 391. The second kappa shape index (κ2) is 4.47. The third-order valence-electron chi connectivity index (χ3n) is 2.61. The molecule has 1 unspecified atom stereocenters. The molecule has 1 N–H and O–H groups in total. The Morgan fingerprint density at radius 3 is 2.71 bits per heavy atom. The molecule has 1 saturated heterocycles. The van der Waals surface area contributed by atoms with Crippen LogP contribution in [0.15, 0.2) is 11.6 Å². The van der Waals surface area contributed by atoms with Crippen molar-refractivity contribution in [2.45, 2.75) is 44.6 Å². The van der Waals surface area contributed by atoms with Crippen LogP contribution in [0.1, 0.15) is 26.7 Å². The van der Waals surface area contributed by atoms with Gasteiger partial charge in [0.15, 0.2) is 6.29 Å². The Hall–Kier alpha value is -1.38. The third-order valence-corrected chi connectivity index (χ3v) is 2.61. The van der Waals surface area contributed by atoms with Crippen molar-refractivity contribution in [2.75, 3.05) is 6.61 Å². The van der Waals surface area contributed by atoms with Gasteiger partial charge in [0, 0.05) is 6.04 Å². The first-order valence-electron chi connectivity index (χ1n) is 5.72. The fourth-order valence-corrected chi connectivity index (χ4v) is 1.54. The van der Waals surface area contributed by atoms with E-state index in [1.54, 1.807) is 0 Å². The fourth-order valence-electron chi connectivity index (χ4n) is 1.54. The van der Waals surface area contributed by atoms with E-state index < -0.39 is 6.29 Å². The molecule has 0 radical (unpaired) electrons. The number of rotatable bonds is 3. The summed E-state index contributed by atoms with van der Waals surface area (Å²) in [5.74, 6) is -0.341. The van der Waals surface area contributed by atoms with Gasteiger partial charge in [0.25, 0.3) is 5.91 Å². The minimum absolute atomic E-state index is 0.0552. The lowest BCUT2D eigenvalue weighted by atomic mass is 10.2. The van der Waals surface area contributed by atoms with E-state index in [1.807, 2.05) is 19.9 Å². The molecule has 5 nitrogen and oxygen atoms in total. The summed E-state index contributed by atoms with van der Waals surface area (Å²) >= 11 is 0. The molecule has 2 fully saturated rings. The lowest BCUT2D eigenvalue weighted by Gasteiger charge is -2.14. The second-order valence-electron chi connectivity index (χ2n) is 5.00. The minimum atomic E-state index is -0.607. The van der Waals surface area contributed by atoms with Crippen LogP contribution < -0.4 is 5.32 Å². The molecule has 0 aromatic carbocycles. The highest BCUT2D eigenvalue weighted by atomic mass is 16.7. The predicted molar refractivity (Wildman–Crippen MR) is 59.8 cm³/mol. The lowest BCUT2D eigenvalue weighted by molar-refractivity contribution is -0.117. The predicted octanol–water partition coefficient (Wildman–Crippen LogP) is 0.866. The zero-order valence-electron chi connectivity index (χ0n) is 10.0. The maximum atomic E-state index is 11.7. The molecule has 1 amide bonds. The van der Waals surface area contributed by atoms with Crippen molar-refractivity contribution in [1.82, 2.24) is 5.32 Å². The highest BCUT2D eigenvalue weighted by Crippen LogP contribution is 2.24. The van der Waals surface area contributed by atoms with Gasteiger partial charge < -0.3 is 14.8 Å². The Balaban J connectivity index is 1.97. The van der Waals surface area contributed by atoms with Gasteiger partial charge in [-0.1, -0.05) is 0 Å². The van der Waals surface area contributed by atoms with E-state index in [2.05, 4.69) is 5.32 Å². The summed E-state index contributed by atoms with van der Waals surface area (Å²) in [6.07, 6.45) is 2.82. The van der Waals surface area contributed by atoms with Crippen molar-refractivity contribution in [1.29, 1.82) is 5.26 Å². The van der Waals surface area contributed by atoms with Crippen LogP contribution in [0.3, 0.4) is 0 Å². The number of amides is 1. The van der Waals surface area contributed by atoms with Gasteiger partial charge in [-0.3, -0.25) is 4.79 Å². The first-order valence-corrected chi connectivity index (χ1v) is 5.72. The Morgan fingerprint density at radius 2 is 2.24 bits per heavy atom. The second-order valence-corrected chi connectivity index (χ2v) is 5.00. The van der Waals surface area contributed by atoms with Crippen molar-refractivity contribution in [2.24, 2.45) is 0 Å². The van der Waals surface area contributed by atoms with Crippen LogP contribution in [0.4, 0.5) is 0 Å². The monoisotopic (exact) mass is 236 g/mol. The van der Waals surface area contributed by atoms with Crippen LogP contribution in [0.25, 0.3) is 0 Å². The Morgan fingerprint density at radius 1 is 1.53 bits per heavy atom. The first-order chi connectivity index (χ1) is 8.00. The molecule has 0 bridgehead atoms. The van der Waals surface area contributed by atoms with E-state index in [-0.39, 0.29) is 23.1 Å². The van der Waals surface area contributed by atoms with Crippen LogP contribution in [0.5, 0.6) is 0 Å². The third kappa shape index (κ3) is 3.29. The van der Waals surface area contributed by atoms with Gasteiger partial charge in [-0.25, -0.2) is 0 Å². The maximum absolute atomic E-state index is 11.7. The number of nitriles is 1. The highest BCUT2D eigenvalue weighted by molar-refractivity contribution is 5.97. The number of carbonyl (C=O) groups is 1. The normalized spacial score (nSPS) is 27.6. The number of nitrogens with one attached hydrogen (secondary N) is 1. The van der Waals surface area contributed by atoms with Crippen LogP contribution in [-0.2, 0) is 14.3 Å². The van der Waals surface area contributed by atoms with Gasteiger partial charge in [0.05, 0.1) is 12.2 Å². The van der Waals surface area contributed by atoms with E-state index in [9.17, 15) is 4.79 Å². The van der Waals surface area contributed by atoms with Crippen LogP contribution in [-0.4, -0.2) is 30.4 Å². The van der Waals surface area contributed by atoms with Gasteiger partial charge in [0.2, 0.25) is 0 Å². The summed E-state index contributed by atoms with van der Waals surface area (Å²) < 4.78 is 10.9. The zero-order valence-corrected chi connectivity index (χ0v) is 10.0. The molecular weight excluding hydrogens is 220 g/mol. The molecule has 2 rings (SSSR count). The SMILES string of the molecule is CC1(C)COC(/C=C(/C#N)C(=O)NC2CC2)O1. The van der Waals surface area contributed by atoms with Gasteiger partial charge in [-0.15, -0.1) is 0 Å². The quantitative estimate of drug-likeness (QED) is 0.583. The molecule has 1 saturated carbocycles. The van der Waals surface area contributed by atoms with Crippen molar-refractivity contribution in [3.63, 3.8) is 0 Å². The van der Waals surface area contributed by atoms with E-state index in [0.29, 0.717) is 6.61 Å². The number of carbonyl (C=O) groups excluding carboxylic acids is 1. The average Bonchev–Trinajstić information content (AvgIpc) is 2.99. The smallest absolute Gasteiger partial charge is 0.262 e. The number of nitrogens with zero attached hydrogens (tertiary/aromatic N) is 1. The number of hydrogen-bond acceptors (Lipinski definition) is 4. The molecule has 1 atom stereocenters. The number of ether oxygens (including phenoxy) is 2. The van der Waals surface area contributed by atoms with E-state index in [4.69, 9.17) is 14.7 Å². The molecule has 1 aliphatic heterocycles.